The van der Waals surface area contributed by atoms with Crippen molar-refractivity contribution in [1.82, 2.24) is 19.7 Å². The second-order valence-electron chi connectivity index (χ2n) is 9.36. The Kier molecular flexibility index (Phi) is 6.59. The highest BCUT2D eigenvalue weighted by atomic mass is 16.5. The summed E-state index contributed by atoms with van der Waals surface area (Å²) in [6.07, 6.45) is 4.81. The molecule has 0 unspecified atom stereocenters. The van der Waals surface area contributed by atoms with Crippen LogP contribution in [0.15, 0.2) is 54.7 Å². The summed E-state index contributed by atoms with van der Waals surface area (Å²) in [4.78, 5) is 18.6. The molecule has 0 atom stereocenters. The van der Waals surface area contributed by atoms with E-state index < -0.39 is 0 Å². The fraction of sp³-hybridized carbons (Fsp3) is 0.357. The van der Waals surface area contributed by atoms with E-state index in [1.807, 2.05) is 54.9 Å². The first-order chi connectivity index (χ1) is 17.0. The smallest absolute Gasteiger partial charge is 0.225 e. The average molecular weight is 472 g/mol. The third-order valence-electron chi connectivity index (χ3n) is 7.16. The largest absolute Gasteiger partial charge is 0.497 e. The van der Waals surface area contributed by atoms with E-state index in [-0.39, 0.29) is 5.91 Å². The number of aromatic amines is 1. The van der Waals surface area contributed by atoms with Gasteiger partial charge in [-0.3, -0.25) is 4.79 Å². The highest BCUT2D eigenvalue weighted by Crippen LogP contribution is 2.34. The second kappa shape index (κ2) is 9.96. The number of piperidine rings is 1. The second-order valence-corrected chi connectivity index (χ2v) is 9.36. The number of amides is 1. The van der Waals surface area contributed by atoms with Crippen LogP contribution in [0.5, 0.6) is 5.75 Å². The molecule has 35 heavy (non-hydrogen) atoms. The Morgan fingerprint density at radius 1 is 1.14 bits per heavy atom. The van der Waals surface area contributed by atoms with E-state index in [1.165, 1.54) is 10.9 Å². The lowest BCUT2D eigenvalue weighted by molar-refractivity contribution is -0.116. The summed E-state index contributed by atoms with van der Waals surface area (Å²) >= 11 is 0. The van der Waals surface area contributed by atoms with E-state index in [4.69, 9.17) is 4.74 Å². The fourth-order valence-electron chi connectivity index (χ4n) is 5.16. The van der Waals surface area contributed by atoms with Crippen LogP contribution in [-0.2, 0) is 4.79 Å². The molecule has 2 aromatic carbocycles. The molecule has 0 aliphatic carbocycles. The normalized spacial score (nSPS) is 14.9. The van der Waals surface area contributed by atoms with Gasteiger partial charge < -0.3 is 19.9 Å². The summed E-state index contributed by atoms with van der Waals surface area (Å²) in [7, 11) is 1.71. The van der Waals surface area contributed by atoms with Crippen LogP contribution < -0.4 is 10.1 Å². The minimum absolute atomic E-state index is 0.0367. The molecule has 182 valence electrons. The Bertz CT molecular complexity index is 1320. The molecule has 2 N–H and O–H groups in total. The Labute approximate surface area is 206 Å². The first-order valence-corrected chi connectivity index (χ1v) is 12.3. The van der Waals surface area contributed by atoms with Crippen LogP contribution in [0.4, 0.5) is 5.69 Å². The van der Waals surface area contributed by atoms with Gasteiger partial charge >= 0.3 is 0 Å². The van der Waals surface area contributed by atoms with Crippen molar-refractivity contribution >= 4 is 22.5 Å². The molecule has 5 rings (SSSR count). The van der Waals surface area contributed by atoms with Gasteiger partial charge in [0, 0.05) is 30.1 Å². The third-order valence-corrected chi connectivity index (χ3v) is 7.16. The SMILES string of the molecule is COc1ccc2[nH]cc(C3CCN(CCC(=O)Nc4c(C)nn(-c5ccccc5)c4C)CC3)c2c1. The van der Waals surface area contributed by atoms with Gasteiger partial charge in [0.25, 0.3) is 0 Å². The number of rotatable bonds is 7. The minimum Gasteiger partial charge on any atom is -0.497 e. The number of methoxy groups -OCH3 is 1. The monoisotopic (exact) mass is 471 g/mol. The number of ether oxygens (including phenoxy) is 1. The topological polar surface area (TPSA) is 75.2 Å². The van der Waals surface area contributed by atoms with E-state index >= 15 is 0 Å². The molecule has 1 fully saturated rings. The summed E-state index contributed by atoms with van der Waals surface area (Å²) in [6, 6.07) is 16.2. The zero-order valence-corrected chi connectivity index (χ0v) is 20.7. The van der Waals surface area contributed by atoms with Crippen molar-refractivity contribution < 1.29 is 9.53 Å². The van der Waals surface area contributed by atoms with E-state index in [0.717, 1.165) is 66.5 Å². The number of para-hydroxylation sites is 1. The molecule has 3 heterocycles. The lowest BCUT2D eigenvalue weighted by atomic mass is 9.89. The number of likely N-dealkylation sites (tertiary alicyclic amines) is 1. The maximum atomic E-state index is 12.8. The van der Waals surface area contributed by atoms with Gasteiger partial charge in [0.2, 0.25) is 5.91 Å². The maximum absolute atomic E-state index is 12.8. The standard InChI is InChI=1S/C28H33N5O2/c1-19-28(20(2)33(31-19)22-7-5-4-6-8-22)30-27(34)13-16-32-14-11-21(12-15-32)25-18-29-26-10-9-23(35-3)17-24(25)26/h4-10,17-18,21,29H,11-16H2,1-3H3,(H,30,34). The number of nitrogens with one attached hydrogen (secondary N) is 2. The van der Waals surface area contributed by atoms with Gasteiger partial charge in [-0.2, -0.15) is 5.10 Å². The average Bonchev–Trinajstić information content (AvgIpc) is 3.44. The van der Waals surface area contributed by atoms with Gasteiger partial charge in [-0.1, -0.05) is 18.2 Å². The van der Waals surface area contributed by atoms with Crippen LogP contribution in [0, 0.1) is 13.8 Å². The van der Waals surface area contributed by atoms with Gasteiger partial charge in [0.1, 0.15) is 5.75 Å². The summed E-state index contributed by atoms with van der Waals surface area (Å²) in [6.45, 7) is 6.70. The molecule has 7 heteroatoms. The zero-order chi connectivity index (χ0) is 24.4. The molecule has 1 aliphatic heterocycles. The Morgan fingerprint density at radius 3 is 2.66 bits per heavy atom. The number of nitrogens with zero attached hydrogens (tertiary/aromatic N) is 3. The molecule has 0 radical (unpaired) electrons. The van der Waals surface area contributed by atoms with Crippen molar-refractivity contribution in [2.45, 2.75) is 39.0 Å². The quantitative estimate of drug-likeness (QED) is 0.389. The van der Waals surface area contributed by atoms with Crippen LogP contribution in [0.25, 0.3) is 16.6 Å². The number of carbonyl (C=O) groups excluding carboxylic acids is 1. The molecule has 0 saturated carbocycles. The van der Waals surface area contributed by atoms with Gasteiger partial charge in [0.15, 0.2) is 0 Å². The first-order valence-electron chi connectivity index (χ1n) is 12.3. The number of H-pyrrole nitrogens is 1. The highest BCUT2D eigenvalue weighted by Gasteiger charge is 2.24. The number of aryl methyl sites for hydroxylation is 1. The summed E-state index contributed by atoms with van der Waals surface area (Å²) in [5.74, 6) is 1.45. The van der Waals surface area contributed by atoms with Crippen molar-refractivity contribution in [3.05, 3.63) is 71.7 Å². The van der Waals surface area contributed by atoms with Crippen LogP contribution in [0.2, 0.25) is 0 Å². The molecule has 4 aromatic rings. The molecular formula is C28H33N5O2. The summed E-state index contributed by atoms with van der Waals surface area (Å²) in [5.41, 5.74) is 6.10. The number of carbonyl (C=O) groups is 1. The van der Waals surface area contributed by atoms with Crippen LogP contribution in [0.3, 0.4) is 0 Å². The number of fused-ring (bicyclic) bond motifs is 1. The lowest BCUT2D eigenvalue weighted by Crippen LogP contribution is -2.35. The predicted octanol–water partition coefficient (Wildman–Crippen LogP) is 5.19. The van der Waals surface area contributed by atoms with Gasteiger partial charge in [0.05, 0.1) is 29.9 Å². The van der Waals surface area contributed by atoms with E-state index in [0.29, 0.717) is 12.3 Å². The third kappa shape index (κ3) is 4.82. The van der Waals surface area contributed by atoms with Crippen molar-refractivity contribution in [1.29, 1.82) is 0 Å². The number of aromatic nitrogens is 3. The first kappa shape index (κ1) is 23.2. The van der Waals surface area contributed by atoms with Crippen molar-refractivity contribution in [2.75, 3.05) is 32.1 Å². The Balaban J connectivity index is 1.15. The van der Waals surface area contributed by atoms with E-state index in [1.54, 1.807) is 7.11 Å². The molecule has 1 amide bonds. The summed E-state index contributed by atoms with van der Waals surface area (Å²) < 4.78 is 7.31. The van der Waals surface area contributed by atoms with Crippen molar-refractivity contribution in [3.8, 4) is 11.4 Å². The number of anilines is 1. The maximum Gasteiger partial charge on any atom is 0.225 e. The lowest BCUT2D eigenvalue weighted by Gasteiger charge is -2.31. The van der Waals surface area contributed by atoms with Gasteiger partial charge in [-0.05, 0) is 81.6 Å². The van der Waals surface area contributed by atoms with E-state index in [2.05, 4.69) is 38.6 Å². The number of hydrogen-bond donors (Lipinski definition) is 2. The van der Waals surface area contributed by atoms with E-state index in [9.17, 15) is 4.79 Å². The number of hydrogen-bond acceptors (Lipinski definition) is 4. The molecule has 0 spiro atoms. The van der Waals surface area contributed by atoms with Crippen molar-refractivity contribution in [3.63, 3.8) is 0 Å². The van der Waals surface area contributed by atoms with Crippen LogP contribution in [-0.4, -0.2) is 52.3 Å². The zero-order valence-electron chi connectivity index (χ0n) is 20.7. The highest BCUT2D eigenvalue weighted by molar-refractivity contribution is 5.92. The predicted molar refractivity (Wildman–Crippen MR) is 140 cm³/mol. The Morgan fingerprint density at radius 2 is 1.91 bits per heavy atom. The minimum atomic E-state index is 0.0367. The van der Waals surface area contributed by atoms with Gasteiger partial charge in [-0.25, -0.2) is 4.68 Å². The summed E-state index contributed by atoms with van der Waals surface area (Å²) in [5, 5.41) is 8.99. The van der Waals surface area contributed by atoms with Crippen molar-refractivity contribution in [2.24, 2.45) is 0 Å². The molecule has 7 nitrogen and oxygen atoms in total. The Hall–Kier alpha value is -3.58. The van der Waals surface area contributed by atoms with Crippen LogP contribution in [0.1, 0.15) is 42.1 Å². The van der Waals surface area contributed by atoms with Crippen LogP contribution >= 0.6 is 0 Å². The molecule has 0 bridgehead atoms. The van der Waals surface area contributed by atoms with Gasteiger partial charge in [-0.15, -0.1) is 0 Å². The molecular weight excluding hydrogens is 438 g/mol. The number of benzene rings is 2. The molecule has 1 aliphatic rings. The molecule has 1 saturated heterocycles. The molecule has 2 aromatic heterocycles. The fourth-order valence-corrected chi connectivity index (χ4v) is 5.16.